The van der Waals surface area contributed by atoms with Gasteiger partial charge in [-0.05, 0) is 30.3 Å². The highest BCUT2D eigenvalue weighted by atomic mass is 32.2. The molecule has 0 aliphatic carbocycles. The van der Waals surface area contributed by atoms with Gasteiger partial charge in [0, 0.05) is 30.1 Å². The lowest BCUT2D eigenvalue weighted by atomic mass is 10.1. The quantitative estimate of drug-likeness (QED) is 0.557. The van der Waals surface area contributed by atoms with Gasteiger partial charge >= 0.3 is 6.18 Å². The van der Waals surface area contributed by atoms with Crippen molar-refractivity contribution in [1.82, 2.24) is 14.2 Å². The number of aromatic amines is 1. The Morgan fingerprint density at radius 2 is 1.88 bits per heavy atom. The van der Waals surface area contributed by atoms with Crippen LogP contribution in [-0.2, 0) is 21.3 Å². The van der Waals surface area contributed by atoms with E-state index in [9.17, 15) is 31.2 Å². The molecule has 1 fully saturated rings. The first kappa shape index (κ1) is 24.0. The molecule has 0 atom stereocenters. The van der Waals surface area contributed by atoms with Crippen molar-refractivity contribution < 1.29 is 35.5 Å². The van der Waals surface area contributed by atoms with E-state index >= 15 is 0 Å². The number of ether oxygens (including phenoxy) is 1. The number of aromatic nitrogens is 1. The summed E-state index contributed by atoms with van der Waals surface area (Å²) in [5, 5.41) is 0.00514. The maximum Gasteiger partial charge on any atom is 0.406 e. The Hall–Kier alpha value is -3.16. The largest absolute Gasteiger partial charge is 0.467 e. The molecule has 1 aliphatic heterocycles. The van der Waals surface area contributed by atoms with Crippen molar-refractivity contribution in [3.63, 3.8) is 0 Å². The third-order valence-corrected chi connectivity index (χ3v) is 7.13. The van der Waals surface area contributed by atoms with Gasteiger partial charge in [-0.15, -0.1) is 0 Å². The van der Waals surface area contributed by atoms with Crippen LogP contribution in [0.3, 0.4) is 0 Å². The van der Waals surface area contributed by atoms with Crippen LogP contribution in [0.4, 0.5) is 13.2 Å². The number of hydrogen-bond donors (Lipinski definition) is 1. The Balaban J connectivity index is 1.79. The molecule has 0 spiro atoms. The molecular formula is C21H20F3N3O6S. The van der Waals surface area contributed by atoms with E-state index in [-0.39, 0.29) is 53.4 Å². The minimum absolute atomic E-state index is 0.00514. The van der Waals surface area contributed by atoms with E-state index in [1.54, 1.807) is 0 Å². The predicted molar refractivity (Wildman–Crippen MR) is 114 cm³/mol. The molecule has 182 valence electrons. The summed E-state index contributed by atoms with van der Waals surface area (Å²) in [6.07, 6.45) is -3.46. The van der Waals surface area contributed by atoms with E-state index in [4.69, 9.17) is 9.15 Å². The van der Waals surface area contributed by atoms with Crippen molar-refractivity contribution in [3.8, 4) is 0 Å². The Labute approximate surface area is 191 Å². The van der Waals surface area contributed by atoms with Gasteiger partial charge in [0.2, 0.25) is 15.6 Å². The Morgan fingerprint density at radius 3 is 2.53 bits per heavy atom. The second kappa shape index (κ2) is 9.24. The molecule has 1 aromatic carbocycles. The number of carbonyl (C=O) groups excluding carboxylic acids is 1. The maximum atomic E-state index is 13.2. The monoisotopic (exact) mass is 499 g/mol. The highest BCUT2D eigenvalue weighted by Crippen LogP contribution is 2.26. The average molecular weight is 499 g/mol. The number of H-pyrrole nitrogens is 1. The summed E-state index contributed by atoms with van der Waals surface area (Å²) in [6.45, 7) is -1.36. The molecule has 1 amide bonds. The zero-order valence-corrected chi connectivity index (χ0v) is 18.5. The van der Waals surface area contributed by atoms with Crippen molar-refractivity contribution in [2.45, 2.75) is 17.6 Å². The molecule has 1 N–H and O–H groups in total. The number of nitrogens with zero attached hydrogens (tertiary/aromatic N) is 2. The fourth-order valence-corrected chi connectivity index (χ4v) is 5.12. The van der Waals surface area contributed by atoms with Crippen LogP contribution >= 0.6 is 0 Å². The number of pyridine rings is 1. The number of fused-ring (bicyclic) bond motifs is 1. The number of benzene rings is 1. The number of sulfonamides is 1. The number of morpholine rings is 1. The summed E-state index contributed by atoms with van der Waals surface area (Å²) in [7, 11) is -3.95. The normalized spacial score (nSPS) is 15.5. The van der Waals surface area contributed by atoms with Gasteiger partial charge in [0.25, 0.3) is 5.91 Å². The molecule has 9 nitrogen and oxygen atoms in total. The van der Waals surface area contributed by atoms with Gasteiger partial charge in [0.15, 0.2) is 0 Å². The number of amides is 1. The second-order valence-corrected chi connectivity index (χ2v) is 9.56. The lowest BCUT2D eigenvalue weighted by molar-refractivity contribution is -0.142. The fourth-order valence-electron chi connectivity index (χ4n) is 3.68. The highest BCUT2D eigenvalue weighted by Gasteiger charge is 2.35. The van der Waals surface area contributed by atoms with Crippen LogP contribution in [0, 0.1) is 0 Å². The van der Waals surface area contributed by atoms with Crippen molar-refractivity contribution in [3.05, 3.63) is 64.3 Å². The molecule has 34 heavy (non-hydrogen) atoms. The summed E-state index contributed by atoms with van der Waals surface area (Å²) >= 11 is 0. The molecule has 4 rings (SSSR count). The Kier molecular flexibility index (Phi) is 6.51. The maximum absolute atomic E-state index is 13.2. The van der Waals surface area contributed by atoms with Crippen LogP contribution in [0.15, 0.2) is 56.8 Å². The van der Waals surface area contributed by atoms with Gasteiger partial charge in [-0.25, -0.2) is 8.42 Å². The first-order chi connectivity index (χ1) is 16.0. The van der Waals surface area contributed by atoms with Gasteiger partial charge < -0.3 is 19.0 Å². The number of furan rings is 1. The van der Waals surface area contributed by atoms with Crippen LogP contribution < -0.4 is 5.56 Å². The fraction of sp³-hybridized carbons (Fsp3) is 0.333. The van der Waals surface area contributed by atoms with Crippen LogP contribution in [0.25, 0.3) is 10.9 Å². The van der Waals surface area contributed by atoms with E-state index in [0.29, 0.717) is 4.90 Å². The topological polar surface area (TPSA) is 113 Å². The van der Waals surface area contributed by atoms with E-state index in [1.165, 1.54) is 40.9 Å². The molecule has 1 saturated heterocycles. The molecular weight excluding hydrogens is 479 g/mol. The molecule has 0 saturated carbocycles. The minimum atomic E-state index is -4.72. The molecule has 3 heterocycles. The predicted octanol–water partition coefficient (Wildman–Crippen LogP) is 2.35. The number of halogens is 3. The lowest BCUT2D eigenvalue weighted by Crippen LogP contribution is -2.40. The number of nitrogens with one attached hydrogen (secondary N) is 1. The third-order valence-electron chi connectivity index (χ3n) is 5.24. The summed E-state index contributed by atoms with van der Waals surface area (Å²) in [6, 6.07) is 7.51. The standard InChI is InChI=1S/C21H20F3N3O6S/c22-21(23,24)13-26(12-14-2-1-7-33-14)20(29)17-11-19(28)25-18-4-3-15(10-16(17)18)34(30,31)27-5-8-32-9-6-27/h1-4,7,10-11H,5-6,8-9,12-13H2,(H,25,28). The van der Waals surface area contributed by atoms with Crippen molar-refractivity contribution in [1.29, 1.82) is 0 Å². The molecule has 3 aromatic rings. The average Bonchev–Trinajstić information content (AvgIpc) is 3.30. The Bertz CT molecular complexity index is 1350. The summed E-state index contributed by atoms with van der Waals surface area (Å²) in [5.41, 5.74) is -0.958. The molecule has 1 aliphatic rings. The van der Waals surface area contributed by atoms with E-state index in [1.807, 2.05) is 0 Å². The van der Waals surface area contributed by atoms with Crippen LogP contribution in [0.2, 0.25) is 0 Å². The molecule has 2 aromatic heterocycles. The van der Waals surface area contributed by atoms with Crippen LogP contribution in [-0.4, -0.2) is 67.5 Å². The van der Waals surface area contributed by atoms with Gasteiger partial charge in [0.05, 0.1) is 36.5 Å². The first-order valence-electron chi connectivity index (χ1n) is 10.2. The van der Waals surface area contributed by atoms with Gasteiger partial charge in [-0.1, -0.05) is 0 Å². The van der Waals surface area contributed by atoms with Crippen LogP contribution in [0.5, 0.6) is 0 Å². The SMILES string of the molecule is O=C(c1cc(=O)[nH]c2ccc(S(=O)(=O)N3CCOCC3)cc12)N(Cc1ccco1)CC(F)(F)F. The van der Waals surface area contributed by atoms with Gasteiger partial charge in [-0.3, -0.25) is 9.59 Å². The second-order valence-electron chi connectivity index (χ2n) is 7.63. The molecule has 13 heteroatoms. The number of carbonyl (C=O) groups is 1. The first-order valence-corrected chi connectivity index (χ1v) is 11.6. The third kappa shape index (κ3) is 5.16. The summed E-state index contributed by atoms with van der Waals surface area (Å²) in [5.74, 6) is -0.979. The minimum Gasteiger partial charge on any atom is -0.467 e. The number of hydrogen-bond acceptors (Lipinski definition) is 6. The van der Waals surface area contributed by atoms with E-state index in [2.05, 4.69) is 4.98 Å². The lowest BCUT2D eigenvalue weighted by Gasteiger charge is -2.26. The van der Waals surface area contributed by atoms with Gasteiger partial charge in [0.1, 0.15) is 12.3 Å². The number of rotatable bonds is 6. The molecule has 0 radical (unpaired) electrons. The number of alkyl halides is 3. The van der Waals surface area contributed by atoms with E-state index < -0.39 is 40.8 Å². The van der Waals surface area contributed by atoms with E-state index in [0.717, 1.165) is 6.07 Å². The van der Waals surface area contributed by atoms with Crippen molar-refractivity contribution in [2.24, 2.45) is 0 Å². The van der Waals surface area contributed by atoms with Gasteiger partial charge in [-0.2, -0.15) is 17.5 Å². The smallest absolute Gasteiger partial charge is 0.406 e. The summed E-state index contributed by atoms with van der Waals surface area (Å²) in [4.78, 5) is 28.2. The zero-order chi connectivity index (χ0) is 24.5. The summed E-state index contributed by atoms with van der Waals surface area (Å²) < 4.78 is 77.3. The highest BCUT2D eigenvalue weighted by molar-refractivity contribution is 7.89. The van der Waals surface area contributed by atoms with Crippen molar-refractivity contribution in [2.75, 3.05) is 32.8 Å². The molecule has 0 unspecified atom stereocenters. The molecule has 0 bridgehead atoms. The Morgan fingerprint density at radius 1 is 1.15 bits per heavy atom. The van der Waals surface area contributed by atoms with Crippen molar-refractivity contribution >= 4 is 26.8 Å². The zero-order valence-electron chi connectivity index (χ0n) is 17.7. The van der Waals surface area contributed by atoms with Crippen LogP contribution in [0.1, 0.15) is 16.1 Å².